The van der Waals surface area contributed by atoms with Crippen molar-refractivity contribution in [1.82, 2.24) is 0 Å². The van der Waals surface area contributed by atoms with Crippen molar-refractivity contribution >= 4 is 10.1 Å². The Morgan fingerprint density at radius 3 is 1.97 bits per heavy atom. The van der Waals surface area contributed by atoms with E-state index in [0.29, 0.717) is 26.4 Å². The van der Waals surface area contributed by atoms with Gasteiger partial charge in [0.2, 0.25) is 0 Å². The summed E-state index contributed by atoms with van der Waals surface area (Å²) in [5.41, 5.74) is 1.35. The molecule has 2 aromatic carbocycles. The highest BCUT2D eigenvalue weighted by atomic mass is 32.2. The van der Waals surface area contributed by atoms with E-state index in [4.69, 9.17) is 18.4 Å². The molecule has 0 aliphatic heterocycles. The van der Waals surface area contributed by atoms with Gasteiger partial charge in [-0.25, -0.2) is 0 Å². The van der Waals surface area contributed by atoms with Crippen molar-refractivity contribution in [3.63, 3.8) is 0 Å². The van der Waals surface area contributed by atoms with E-state index in [1.807, 2.05) is 12.1 Å². The van der Waals surface area contributed by atoms with Crippen molar-refractivity contribution in [1.29, 1.82) is 0 Å². The molecule has 0 aliphatic carbocycles. The fourth-order valence-corrected chi connectivity index (χ4v) is 4.17. The Morgan fingerprint density at radius 2 is 1.27 bits per heavy atom. The van der Waals surface area contributed by atoms with Crippen LogP contribution in [0, 0.1) is 0 Å². The second-order valence-electron chi connectivity index (χ2n) is 7.82. The van der Waals surface area contributed by atoms with Crippen LogP contribution in [0.15, 0.2) is 59.5 Å². The number of hydrogen-bond acceptors (Lipinski definition) is 6. The zero-order chi connectivity index (χ0) is 23.6. The average Bonchev–Trinajstić information content (AvgIpc) is 2.84. The summed E-state index contributed by atoms with van der Waals surface area (Å²) < 4.78 is 45.4. The second kappa shape index (κ2) is 16.6. The van der Waals surface area contributed by atoms with E-state index < -0.39 is 10.1 Å². The maximum absolute atomic E-state index is 11.9. The lowest BCUT2D eigenvalue weighted by molar-refractivity contribution is 0.0279. The summed E-state index contributed by atoms with van der Waals surface area (Å²) in [4.78, 5) is 0.140. The lowest BCUT2D eigenvalue weighted by atomic mass is 10.0. The highest BCUT2D eigenvalue weighted by Crippen LogP contribution is 2.15. The van der Waals surface area contributed by atoms with E-state index in [2.05, 4.69) is 19.1 Å². The van der Waals surface area contributed by atoms with Crippen molar-refractivity contribution in [3.8, 4) is 5.75 Å². The minimum Gasteiger partial charge on any atom is -0.491 e. The first kappa shape index (κ1) is 27.3. The summed E-state index contributed by atoms with van der Waals surface area (Å²) in [5.74, 6) is 0.846. The lowest BCUT2D eigenvalue weighted by Gasteiger charge is -2.09. The first-order chi connectivity index (χ1) is 16.1. The molecule has 7 heteroatoms. The molecular weight excluding hydrogens is 440 g/mol. The molecule has 33 heavy (non-hydrogen) atoms. The topological polar surface area (TPSA) is 71.1 Å². The van der Waals surface area contributed by atoms with Gasteiger partial charge in [-0.1, -0.05) is 69.4 Å². The Labute approximate surface area is 199 Å². The number of unbranched alkanes of at least 4 members (excludes halogenated alkanes) is 5. The van der Waals surface area contributed by atoms with Crippen molar-refractivity contribution < 1.29 is 26.8 Å². The van der Waals surface area contributed by atoms with E-state index in [1.165, 1.54) is 56.2 Å². The molecule has 0 saturated carbocycles. The van der Waals surface area contributed by atoms with Crippen LogP contribution in [0.2, 0.25) is 0 Å². The molecule has 0 fully saturated rings. The number of ether oxygens (including phenoxy) is 3. The molecule has 0 atom stereocenters. The molecule has 0 bridgehead atoms. The van der Waals surface area contributed by atoms with Crippen molar-refractivity contribution in [2.24, 2.45) is 0 Å². The van der Waals surface area contributed by atoms with Crippen LogP contribution in [-0.2, 0) is 30.2 Å². The number of aryl methyl sites for hydroxylation is 1. The molecule has 0 heterocycles. The number of benzene rings is 2. The second-order valence-corrected chi connectivity index (χ2v) is 9.44. The third kappa shape index (κ3) is 12.2. The molecule has 0 unspecified atom stereocenters. The average molecular weight is 479 g/mol. The van der Waals surface area contributed by atoms with Gasteiger partial charge in [0.25, 0.3) is 10.1 Å². The molecule has 0 radical (unpaired) electrons. The quantitative estimate of drug-likeness (QED) is 0.199. The van der Waals surface area contributed by atoms with E-state index in [0.717, 1.165) is 12.2 Å². The van der Waals surface area contributed by atoms with Gasteiger partial charge in [-0.15, -0.1) is 0 Å². The van der Waals surface area contributed by atoms with Crippen LogP contribution in [0.4, 0.5) is 0 Å². The van der Waals surface area contributed by atoms with Gasteiger partial charge in [-0.3, -0.25) is 4.18 Å². The van der Waals surface area contributed by atoms with Gasteiger partial charge in [-0.05, 0) is 42.7 Å². The Kier molecular flexibility index (Phi) is 13.8. The molecule has 6 nitrogen and oxygen atoms in total. The molecule has 0 aromatic heterocycles. The molecule has 2 aromatic rings. The van der Waals surface area contributed by atoms with Gasteiger partial charge in [0.15, 0.2) is 0 Å². The smallest absolute Gasteiger partial charge is 0.297 e. The third-order valence-electron chi connectivity index (χ3n) is 5.11. The van der Waals surface area contributed by atoms with Crippen LogP contribution in [0.5, 0.6) is 5.75 Å². The van der Waals surface area contributed by atoms with Crippen LogP contribution in [0.25, 0.3) is 0 Å². The molecule has 0 saturated heterocycles. The Hall–Kier alpha value is -1.93. The summed E-state index contributed by atoms with van der Waals surface area (Å²) in [6, 6.07) is 16.3. The summed E-state index contributed by atoms with van der Waals surface area (Å²) in [5, 5.41) is 0. The van der Waals surface area contributed by atoms with Gasteiger partial charge < -0.3 is 14.2 Å². The van der Waals surface area contributed by atoms with E-state index in [-0.39, 0.29) is 18.1 Å². The van der Waals surface area contributed by atoms with Crippen LogP contribution in [0.3, 0.4) is 0 Å². The maximum Gasteiger partial charge on any atom is 0.297 e. The van der Waals surface area contributed by atoms with Gasteiger partial charge in [0.1, 0.15) is 12.4 Å². The molecule has 0 N–H and O–H groups in total. The van der Waals surface area contributed by atoms with E-state index in [1.54, 1.807) is 18.2 Å². The number of hydrogen-bond donors (Lipinski definition) is 0. The zero-order valence-electron chi connectivity index (χ0n) is 19.7. The largest absolute Gasteiger partial charge is 0.491 e. The fourth-order valence-electron chi connectivity index (χ4n) is 3.26. The van der Waals surface area contributed by atoms with E-state index in [9.17, 15) is 8.42 Å². The first-order valence-electron chi connectivity index (χ1n) is 11.9. The summed E-state index contributed by atoms with van der Waals surface area (Å²) in [6.07, 6.45) is 9.00. The van der Waals surface area contributed by atoms with Gasteiger partial charge in [0, 0.05) is 0 Å². The molecule has 0 aliphatic rings. The minimum absolute atomic E-state index is 0.0325. The van der Waals surface area contributed by atoms with Crippen molar-refractivity contribution in [3.05, 3.63) is 60.2 Å². The minimum atomic E-state index is -3.73. The van der Waals surface area contributed by atoms with Gasteiger partial charge in [0.05, 0.1) is 37.9 Å². The van der Waals surface area contributed by atoms with E-state index >= 15 is 0 Å². The van der Waals surface area contributed by atoms with Crippen LogP contribution in [-0.4, -0.2) is 48.1 Å². The summed E-state index contributed by atoms with van der Waals surface area (Å²) in [6.45, 7) is 4.09. The third-order valence-corrected chi connectivity index (χ3v) is 6.44. The Morgan fingerprint density at radius 1 is 0.667 bits per heavy atom. The zero-order valence-corrected chi connectivity index (χ0v) is 20.6. The SMILES string of the molecule is CCCCCCCCc1ccc(OCCOCCOCCOS(=O)(=O)c2ccccc2)cc1. The molecule has 0 amide bonds. The Bertz CT molecular complexity index is 837. The summed E-state index contributed by atoms with van der Waals surface area (Å²) in [7, 11) is -3.73. The molecule has 2 rings (SSSR count). The highest BCUT2D eigenvalue weighted by molar-refractivity contribution is 7.86. The van der Waals surface area contributed by atoms with Gasteiger partial charge >= 0.3 is 0 Å². The molecule has 0 spiro atoms. The summed E-state index contributed by atoms with van der Waals surface area (Å²) >= 11 is 0. The monoisotopic (exact) mass is 478 g/mol. The van der Waals surface area contributed by atoms with Gasteiger partial charge in [-0.2, -0.15) is 8.42 Å². The Balaban J connectivity index is 1.43. The van der Waals surface area contributed by atoms with Crippen LogP contribution < -0.4 is 4.74 Å². The lowest BCUT2D eigenvalue weighted by Crippen LogP contribution is -2.14. The fraction of sp³-hybridized carbons (Fsp3) is 0.538. The maximum atomic E-state index is 11.9. The number of rotatable bonds is 19. The highest BCUT2D eigenvalue weighted by Gasteiger charge is 2.13. The normalized spacial score (nSPS) is 11.5. The van der Waals surface area contributed by atoms with Crippen molar-refractivity contribution in [2.45, 2.75) is 56.8 Å². The molecule has 184 valence electrons. The van der Waals surface area contributed by atoms with Crippen molar-refractivity contribution in [2.75, 3.05) is 39.6 Å². The predicted molar refractivity (Wildman–Crippen MR) is 130 cm³/mol. The predicted octanol–water partition coefficient (Wildman–Crippen LogP) is 5.41. The molecular formula is C26H38O6S. The standard InChI is InChI=1S/C26H38O6S/c1-2-3-4-5-6-8-11-24-14-16-25(17-15-24)31-22-20-29-18-19-30-21-23-32-33(27,28)26-12-9-7-10-13-26/h7,9-10,12-17H,2-6,8,11,18-23H2,1H3. The van der Waals surface area contributed by atoms with Crippen LogP contribution in [0.1, 0.15) is 51.0 Å². The van der Waals surface area contributed by atoms with Crippen LogP contribution >= 0.6 is 0 Å². The first-order valence-corrected chi connectivity index (χ1v) is 13.3.